The first-order valence-electron chi connectivity index (χ1n) is 8.85. The van der Waals surface area contributed by atoms with Crippen LogP contribution in [0.2, 0.25) is 0 Å². The lowest BCUT2D eigenvalue weighted by molar-refractivity contribution is -0.135. The number of nitrogens with zero attached hydrogens (tertiary/aromatic N) is 1. The monoisotopic (exact) mass is 399 g/mol. The van der Waals surface area contributed by atoms with Crippen LogP contribution in [0.15, 0.2) is 29.2 Å². The van der Waals surface area contributed by atoms with Crippen LogP contribution in [0.25, 0.3) is 0 Å². The average Bonchev–Trinajstić information content (AvgIpc) is 2.81. The van der Waals surface area contributed by atoms with E-state index >= 15 is 0 Å². The first-order valence-corrected chi connectivity index (χ1v) is 12.7. The highest BCUT2D eigenvalue weighted by atomic mass is 32.2. The largest absolute Gasteiger partial charge is 0.337 e. The van der Waals surface area contributed by atoms with Crippen molar-refractivity contribution in [2.45, 2.75) is 60.8 Å². The van der Waals surface area contributed by atoms with Crippen LogP contribution in [0.5, 0.6) is 0 Å². The maximum Gasteiger partial charge on any atom is 0.223 e. The van der Waals surface area contributed by atoms with Gasteiger partial charge in [-0.3, -0.25) is 4.79 Å². The van der Waals surface area contributed by atoms with E-state index in [0.29, 0.717) is 25.7 Å². The summed E-state index contributed by atoms with van der Waals surface area (Å²) in [4.78, 5) is 14.9. The first kappa shape index (κ1) is 19.4. The lowest BCUT2D eigenvalue weighted by Gasteiger charge is -2.38. The summed E-state index contributed by atoms with van der Waals surface area (Å²) in [6, 6.07) is 6.69. The zero-order valence-corrected chi connectivity index (χ0v) is 16.7. The molecule has 2 saturated heterocycles. The standard InChI is InChI=1S/C18H25NO5S2/c1-25(21,22)16-8-3-13(4-9-16)5-10-18(20)19-14-6-7-15(19)12-17(11-14)26(2,23)24/h3-4,8-9,14-15,17H,5-7,10-12H2,1-2H3/t14-,15-/m0/s1. The van der Waals surface area contributed by atoms with Gasteiger partial charge >= 0.3 is 0 Å². The summed E-state index contributed by atoms with van der Waals surface area (Å²) < 4.78 is 46.7. The van der Waals surface area contributed by atoms with E-state index < -0.39 is 19.7 Å². The summed E-state index contributed by atoms with van der Waals surface area (Å²) in [6.07, 6.45) is 6.21. The van der Waals surface area contributed by atoms with Gasteiger partial charge in [-0.05, 0) is 49.8 Å². The van der Waals surface area contributed by atoms with Crippen LogP contribution >= 0.6 is 0 Å². The molecule has 2 aliphatic rings. The predicted molar refractivity (Wildman–Crippen MR) is 99.4 cm³/mol. The number of rotatable bonds is 5. The van der Waals surface area contributed by atoms with Crippen LogP contribution in [0, 0.1) is 0 Å². The van der Waals surface area contributed by atoms with Crippen LogP contribution in [0.3, 0.4) is 0 Å². The second kappa shape index (κ2) is 6.96. The molecule has 2 bridgehead atoms. The molecule has 0 aliphatic carbocycles. The smallest absolute Gasteiger partial charge is 0.223 e. The third-order valence-corrected chi connectivity index (χ3v) is 8.29. The second-order valence-corrected chi connectivity index (χ2v) is 11.9. The summed E-state index contributed by atoms with van der Waals surface area (Å²) in [5, 5.41) is -0.326. The summed E-state index contributed by atoms with van der Waals surface area (Å²) in [5.41, 5.74) is 0.920. The highest BCUT2D eigenvalue weighted by molar-refractivity contribution is 7.91. The van der Waals surface area contributed by atoms with E-state index in [2.05, 4.69) is 0 Å². The minimum Gasteiger partial charge on any atom is -0.337 e. The lowest BCUT2D eigenvalue weighted by atomic mass is 10.0. The van der Waals surface area contributed by atoms with Crippen molar-refractivity contribution in [1.82, 2.24) is 4.90 Å². The molecule has 0 saturated carbocycles. The van der Waals surface area contributed by atoms with Crippen molar-refractivity contribution in [1.29, 1.82) is 0 Å². The molecule has 1 amide bonds. The van der Waals surface area contributed by atoms with Crippen LogP contribution < -0.4 is 0 Å². The van der Waals surface area contributed by atoms with Crippen LogP contribution in [-0.2, 0) is 30.9 Å². The number of piperidine rings is 1. The number of hydrogen-bond acceptors (Lipinski definition) is 5. The lowest BCUT2D eigenvalue weighted by Crippen LogP contribution is -2.49. The number of fused-ring (bicyclic) bond motifs is 2. The van der Waals surface area contributed by atoms with Crippen molar-refractivity contribution in [3.05, 3.63) is 29.8 Å². The molecule has 26 heavy (non-hydrogen) atoms. The minimum atomic E-state index is -3.22. The van der Waals surface area contributed by atoms with Crippen LogP contribution in [-0.4, -0.2) is 57.5 Å². The van der Waals surface area contributed by atoms with E-state index in [-0.39, 0.29) is 28.1 Å². The van der Waals surface area contributed by atoms with Gasteiger partial charge in [-0.25, -0.2) is 16.8 Å². The Morgan fingerprint density at radius 1 is 1.00 bits per heavy atom. The number of carbonyl (C=O) groups is 1. The van der Waals surface area contributed by atoms with E-state index in [1.54, 1.807) is 24.3 Å². The fourth-order valence-corrected chi connectivity index (χ4v) is 5.94. The molecular formula is C18H25NO5S2. The maximum absolute atomic E-state index is 12.7. The zero-order valence-electron chi connectivity index (χ0n) is 15.1. The zero-order chi connectivity index (χ0) is 19.1. The van der Waals surface area contributed by atoms with Gasteiger partial charge in [0.2, 0.25) is 5.91 Å². The van der Waals surface area contributed by atoms with Gasteiger partial charge in [-0.1, -0.05) is 12.1 Å². The first-order chi connectivity index (χ1) is 12.1. The van der Waals surface area contributed by atoms with Crippen LogP contribution in [0.1, 0.15) is 37.7 Å². The summed E-state index contributed by atoms with van der Waals surface area (Å²) >= 11 is 0. The van der Waals surface area contributed by atoms with Gasteiger partial charge in [-0.15, -0.1) is 0 Å². The molecule has 2 fully saturated rings. The maximum atomic E-state index is 12.7. The highest BCUT2D eigenvalue weighted by Crippen LogP contribution is 2.38. The Balaban J connectivity index is 1.61. The molecule has 0 unspecified atom stereocenters. The Morgan fingerprint density at radius 2 is 1.54 bits per heavy atom. The molecule has 2 aliphatic heterocycles. The summed E-state index contributed by atoms with van der Waals surface area (Å²) in [7, 11) is -6.28. The van der Waals surface area contributed by atoms with Crippen molar-refractivity contribution >= 4 is 25.6 Å². The fourth-order valence-electron chi connectivity index (χ4n) is 4.17. The van der Waals surface area contributed by atoms with Crippen molar-refractivity contribution in [2.24, 2.45) is 0 Å². The molecule has 1 aromatic carbocycles. The van der Waals surface area contributed by atoms with Gasteiger partial charge < -0.3 is 4.90 Å². The van der Waals surface area contributed by atoms with Crippen molar-refractivity contribution in [2.75, 3.05) is 12.5 Å². The van der Waals surface area contributed by atoms with Crippen molar-refractivity contribution in [3.8, 4) is 0 Å². The molecule has 2 heterocycles. The molecular weight excluding hydrogens is 374 g/mol. The van der Waals surface area contributed by atoms with E-state index in [1.165, 1.54) is 12.5 Å². The third kappa shape index (κ3) is 4.11. The molecule has 0 spiro atoms. The quantitative estimate of drug-likeness (QED) is 0.750. The molecule has 0 N–H and O–H groups in total. The van der Waals surface area contributed by atoms with E-state index in [9.17, 15) is 21.6 Å². The predicted octanol–water partition coefficient (Wildman–Crippen LogP) is 1.59. The van der Waals surface area contributed by atoms with Crippen molar-refractivity contribution < 1.29 is 21.6 Å². The number of carbonyl (C=O) groups excluding carboxylic acids is 1. The molecule has 8 heteroatoms. The molecule has 0 radical (unpaired) electrons. The van der Waals surface area contributed by atoms with Crippen LogP contribution in [0.4, 0.5) is 0 Å². The summed E-state index contributed by atoms with van der Waals surface area (Å²) in [5.74, 6) is 0.0663. The summed E-state index contributed by atoms with van der Waals surface area (Å²) in [6.45, 7) is 0. The van der Waals surface area contributed by atoms with Gasteiger partial charge in [0.25, 0.3) is 0 Å². The van der Waals surface area contributed by atoms with Gasteiger partial charge in [0.05, 0.1) is 10.1 Å². The number of aryl methyl sites for hydroxylation is 1. The van der Waals surface area contributed by atoms with Gasteiger partial charge in [0.1, 0.15) is 9.84 Å². The third-order valence-electron chi connectivity index (χ3n) is 5.56. The Hall–Kier alpha value is -1.41. The molecule has 3 rings (SSSR count). The van der Waals surface area contributed by atoms with Gasteiger partial charge in [0, 0.05) is 31.0 Å². The van der Waals surface area contributed by atoms with Gasteiger partial charge in [0.15, 0.2) is 9.84 Å². The fraction of sp³-hybridized carbons (Fsp3) is 0.611. The molecule has 0 aromatic heterocycles. The van der Waals surface area contributed by atoms with E-state index in [4.69, 9.17) is 0 Å². The minimum absolute atomic E-state index is 0.0357. The highest BCUT2D eigenvalue weighted by Gasteiger charge is 2.45. The molecule has 144 valence electrons. The number of benzene rings is 1. The number of sulfone groups is 2. The molecule has 6 nitrogen and oxygen atoms in total. The Morgan fingerprint density at radius 3 is 2.00 bits per heavy atom. The Bertz CT molecular complexity index is 876. The van der Waals surface area contributed by atoms with E-state index in [1.807, 2.05) is 4.90 Å². The number of amides is 1. The second-order valence-electron chi connectivity index (χ2n) is 7.53. The topological polar surface area (TPSA) is 88.6 Å². The van der Waals surface area contributed by atoms with Crippen molar-refractivity contribution in [3.63, 3.8) is 0 Å². The SMILES string of the molecule is CS(=O)(=O)c1ccc(CCC(=O)N2[C@H]3CC[C@H]2CC(S(C)(=O)=O)C3)cc1. The van der Waals surface area contributed by atoms with E-state index in [0.717, 1.165) is 18.4 Å². The normalized spacial score (nSPS) is 26.1. The van der Waals surface area contributed by atoms with Gasteiger partial charge in [-0.2, -0.15) is 0 Å². The Kier molecular flexibility index (Phi) is 5.18. The Labute approximate surface area is 155 Å². The number of hydrogen-bond donors (Lipinski definition) is 0. The average molecular weight is 400 g/mol. The molecule has 1 aromatic rings. The molecule has 2 atom stereocenters.